The molecule has 0 atom stereocenters. The first kappa shape index (κ1) is 21.5. The molecule has 1 N–H and O–H groups in total. The van der Waals surface area contributed by atoms with Gasteiger partial charge in [0.15, 0.2) is 22.5 Å². The Kier molecular flexibility index (Phi) is 6.62. The zero-order valence-corrected chi connectivity index (χ0v) is 18.3. The minimum atomic E-state index is -0.450. The van der Waals surface area contributed by atoms with Crippen molar-refractivity contribution in [2.45, 2.75) is 18.1 Å². The van der Waals surface area contributed by atoms with Crippen LogP contribution in [-0.4, -0.2) is 39.6 Å². The van der Waals surface area contributed by atoms with Crippen molar-refractivity contribution in [3.05, 3.63) is 52.8 Å². The van der Waals surface area contributed by atoms with Crippen molar-refractivity contribution in [2.24, 2.45) is 7.05 Å². The maximum Gasteiger partial charge on any atom is 0.230 e. The molecule has 7 nitrogen and oxygen atoms in total. The standard InChI is InChI=1S/C21H20ClFN4O3S/c1-27-20(13-6-7-17-18(10-13)30-9-3-8-29-17)25-26-21(27)31-12-19(28)24-11-14-15(22)4-2-5-16(14)23/h2,4-7,10H,3,8-9,11-12H2,1H3,(H,24,28). The van der Waals surface area contributed by atoms with E-state index in [2.05, 4.69) is 15.5 Å². The molecule has 31 heavy (non-hydrogen) atoms. The molecule has 10 heteroatoms. The predicted molar refractivity (Wildman–Crippen MR) is 116 cm³/mol. The van der Waals surface area contributed by atoms with Gasteiger partial charge >= 0.3 is 0 Å². The molecule has 0 bridgehead atoms. The lowest BCUT2D eigenvalue weighted by Gasteiger charge is -2.09. The van der Waals surface area contributed by atoms with Crippen LogP contribution in [0.4, 0.5) is 4.39 Å². The number of ether oxygens (including phenoxy) is 2. The van der Waals surface area contributed by atoms with Crippen LogP contribution in [0, 0.1) is 5.82 Å². The minimum absolute atomic E-state index is 0.0200. The first-order valence-electron chi connectivity index (χ1n) is 9.64. The molecular formula is C21H20ClFN4O3S. The smallest absolute Gasteiger partial charge is 0.230 e. The van der Waals surface area contributed by atoms with Gasteiger partial charge in [-0.1, -0.05) is 29.4 Å². The number of nitrogens with one attached hydrogen (secondary N) is 1. The number of nitrogens with zero attached hydrogens (tertiary/aromatic N) is 3. The van der Waals surface area contributed by atoms with E-state index in [0.717, 1.165) is 12.0 Å². The fourth-order valence-electron chi connectivity index (χ4n) is 3.06. The maximum atomic E-state index is 13.8. The second-order valence-corrected chi connectivity index (χ2v) is 8.19. The number of halogens is 2. The van der Waals surface area contributed by atoms with Crippen molar-refractivity contribution < 1.29 is 18.7 Å². The summed E-state index contributed by atoms with van der Waals surface area (Å²) in [7, 11) is 1.83. The second-order valence-electron chi connectivity index (χ2n) is 6.84. The van der Waals surface area contributed by atoms with E-state index >= 15 is 0 Å². The van der Waals surface area contributed by atoms with E-state index in [1.165, 1.54) is 23.9 Å². The summed E-state index contributed by atoms with van der Waals surface area (Å²) in [6, 6.07) is 10.1. The van der Waals surface area contributed by atoms with E-state index in [9.17, 15) is 9.18 Å². The molecule has 0 spiro atoms. The zero-order valence-electron chi connectivity index (χ0n) is 16.7. The van der Waals surface area contributed by atoms with Gasteiger partial charge in [-0.25, -0.2) is 4.39 Å². The van der Waals surface area contributed by atoms with Crippen LogP contribution in [0.1, 0.15) is 12.0 Å². The van der Waals surface area contributed by atoms with Crippen LogP contribution in [-0.2, 0) is 18.4 Å². The van der Waals surface area contributed by atoms with Gasteiger partial charge in [0.05, 0.1) is 19.0 Å². The Morgan fingerprint density at radius 2 is 2.03 bits per heavy atom. The fourth-order valence-corrected chi connectivity index (χ4v) is 4.03. The summed E-state index contributed by atoms with van der Waals surface area (Å²) in [6.07, 6.45) is 0.833. The summed E-state index contributed by atoms with van der Waals surface area (Å²) in [4.78, 5) is 12.2. The van der Waals surface area contributed by atoms with Crippen molar-refractivity contribution in [3.63, 3.8) is 0 Å². The molecule has 3 aromatic rings. The summed E-state index contributed by atoms with van der Waals surface area (Å²) in [5.74, 6) is 1.44. The third-order valence-corrected chi connectivity index (χ3v) is 6.07. The summed E-state index contributed by atoms with van der Waals surface area (Å²) in [5, 5.41) is 12.0. The molecule has 1 aliphatic rings. The van der Waals surface area contributed by atoms with Crippen molar-refractivity contribution in [1.82, 2.24) is 20.1 Å². The normalized spacial score (nSPS) is 13.0. The highest BCUT2D eigenvalue weighted by molar-refractivity contribution is 7.99. The number of fused-ring (bicyclic) bond motifs is 1. The molecule has 0 saturated carbocycles. The van der Waals surface area contributed by atoms with E-state index in [0.29, 0.717) is 35.7 Å². The average Bonchev–Trinajstić information content (AvgIpc) is 2.96. The monoisotopic (exact) mass is 462 g/mol. The lowest BCUT2D eigenvalue weighted by atomic mass is 10.2. The molecular weight excluding hydrogens is 443 g/mol. The number of aromatic nitrogens is 3. The Hall–Kier alpha value is -2.78. The molecule has 0 fully saturated rings. The number of amides is 1. The Bertz CT molecular complexity index is 1090. The van der Waals surface area contributed by atoms with Crippen molar-refractivity contribution in [3.8, 4) is 22.9 Å². The first-order valence-corrected chi connectivity index (χ1v) is 11.0. The molecule has 0 saturated heterocycles. The molecule has 1 aliphatic heterocycles. The quantitative estimate of drug-likeness (QED) is 0.561. The number of rotatable bonds is 6. The Morgan fingerprint density at radius 3 is 2.84 bits per heavy atom. The molecule has 162 valence electrons. The minimum Gasteiger partial charge on any atom is -0.490 e. The van der Waals surface area contributed by atoms with Gasteiger partial charge in [0.2, 0.25) is 5.91 Å². The molecule has 4 rings (SSSR count). The summed E-state index contributed by atoms with van der Waals surface area (Å²) < 4.78 is 27.0. The molecule has 0 aliphatic carbocycles. The number of hydrogen-bond donors (Lipinski definition) is 1. The first-order chi connectivity index (χ1) is 15.0. The fraction of sp³-hybridized carbons (Fsp3) is 0.286. The second kappa shape index (κ2) is 9.57. The number of carbonyl (C=O) groups excluding carboxylic acids is 1. The third kappa shape index (κ3) is 4.94. The Balaban J connectivity index is 1.39. The van der Waals surface area contributed by atoms with Crippen molar-refractivity contribution >= 4 is 29.3 Å². The lowest BCUT2D eigenvalue weighted by molar-refractivity contribution is -0.118. The van der Waals surface area contributed by atoms with Gasteiger partial charge in [-0.2, -0.15) is 0 Å². The molecule has 1 amide bonds. The van der Waals surface area contributed by atoms with Gasteiger partial charge in [0.1, 0.15) is 5.82 Å². The van der Waals surface area contributed by atoms with Crippen LogP contribution in [0.3, 0.4) is 0 Å². The van der Waals surface area contributed by atoms with Gasteiger partial charge in [-0.05, 0) is 30.3 Å². The van der Waals surface area contributed by atoms with E-state index < -0.39 is 5.82 Å². The van der Waals surface area contributed by atoms with E-state index in [4.69, 9.17) is 21.1 Å². The topological polar surface area (TPSA) is 78.3 Å². The van der Waals surface area contributed by atoms with Crippen LogP contribution in [0.25, 0.3) is 11.4 Å². The Labute approximate surface area is 187 Å². The van der Waals surface area contributed by atoms with Crippen molar-refractivity contribution in [1.29, 1.82) is 0 Å². The highest BCUT2D eigenvalue weighted by Crippen LogP contribution is 2.34. The lowest BCUT2D eigenvalue weighted by Crippen LogP contribution is -2.25. The zero-order chi connectivity index (χ0) is 21.8. The van der Waals surface area contributed by atoms with Gasteiger partial charge in [0.25, 0.3) is 0 Å². The van der Waals surface area contributed by atoms with Crippen LogP contribution in [0.2, 0.25) is 5.02 Å². The van der Waals surface area contributed by atoms with E-state index in [-0.39, 0.29) is 28.8 Å². The Morgan fingerprint density at radius 1 is 1.23 bits per heavy atom. The van der Waals surface area contributed by atoms with Gasteiger partial charge in [-0.15, -0.1) is 10.2 Å². The van der Waals surface area contributed by atoms with Crippen LogP contribution < -0.4 is 14.8 Å². The van der Waals surface area contributed by atoms with Gasteiger partial charge < -0.3 is 19.4 Å². The molecule has 2 heterocycles. The maximum absolute atomic E-state index is 13.8. The molecule has 0 radical (unpaired) electrons. The highest BCUT2D eigenvalue weighted by atomic mass is 35.5. The predicted octanol–water partition coefficient (Wildman–Crippen LogP) is 3.84. The highest BCUT2D eigenvalue weighted by Gasteiger charge is 2.17. The summed E-state index contributed by atoms with van der Waals surface area (Å²) in [6.45, 7) is 1.25. The molecule has 1 aromatic heterocycles. The van der Waals surface area contributed by atoms with E-state index in [1.54, 1.807) is 6.07 Å². The number of hydrogen-bond acceptors (Lipinski definition) is 6. The van der Waals surface area contributed by atoms with Crippen LogP contribution in [0.15, 0.2) is 41.6 Å². The summed E-state index contributed by atoms with van der Waals surface area (Å²) >= 11 is 7.23. The van der Waals surface area contributed by atoms with Crippen LogP contribution in [0.5, 0.6) is 11.5 Å². The third-order valence-electron chi connectivity index (χ3n) is 4.70. The van der Waals surface area contributed by atoms with Crippen LogP contribution >= 0.6 is 23.4 Å². The summed E-state index contributed by atoms with van der Waals surface area (Å²) in [5.41, 5.74) is 1.10. The number of benzene rings is 2. The number of carbonyl (C=O) groups is 1. The SMILES string of the molecule is Cn1c(SCC(=O)NCc2c(F)cccc2Cl)nnc1-c1ccc2c(c1)OCCCO2. The van der Waals surface area contributed by atoms with Gasteiger partial charge in [0, 0.05) is 36.2 Å². The van der Waals surface area contributed by atoms with E-state index in [1.807, 2.05) is 29.8 Å². The average molecular weight is 463 g/mol. The van der Waals surface area contributed by atoms with Gasteiger partial charge in [-0.3, -0.25) is 4.79 Å². The van der Waals surface area contributed by atoms with Crippen molar-refractivity contribution in [2.75, 3.05) is 19.0 Å². The largest absolute Gasteiger partial charge is 0.490 e. The molecule has 2 aromatic carbocycles. The molecule has 0 unspecified atom stereocenters. The number of thioether (sulfide) groups is 1.